The third-order valence-corrected chi connectivity index (χ3v) is 4.29. The number of amides is 1. The molecule has 0 bridgehead atoms. The van der Waals surface area contributed by atoms with Crippen LogP contribution in [-0.2, 0) is 9.59 Å². The molecule has 1 atom stereocenters. The second-order valence-corrected chi connectivity index (χ2v) is 6.24. The fraction of sp³-hybridized carbons (Fsp3) is 0.556. The molecule has 1 fully saturated rings. The van der Waals surface area contributed by atoms with Crippen molar-refractivity contribution in [2.45, 2.75) is 19.3 Å². The van der Waals surface area contributed by atoms with E-state index < -0.39 is 5.97 Å². The molecule has 132 valence electrons. The van der Waals surface area contributed by atoms with Gasteiger partial charge < -0.3 is 14.7 Å². The van der Waals surface area contributed by atoms with E-state index in [0.29, 0.717) is 32.7 Å². The number of carbonyl (C=O) groups excluding carboxylic acids is 1. The summed E-state index contributed by atoms with van der Waals surface area (Å²) in [5, 5.41) is 9.10. The molecule has 1 aliphatic rings. The van der Waals surface area contributed by atoms with Gasteiger partial charge in [-0.3, -0.25) is 14.5 Å². The molecule has 1 amide bonds. The maximum absolute atomic E-state index is 12.2. The summed E-state index contributed by atoms with van der Waals surface area (Å²) in [6.07, 6.45) is 2.29. The zero-order valence-electron chi connectivity index (χ0n) is 14.2. The van der Waals surface area contributed by atoms with E-state index in [9.17, 15) is 9.59 Å². The SMILES string of the molecule is CN(CCCOc1ccccc1)C(=O)CN1CCCC(C(=O)O)C1. The summed E-state index contributed by atoms with van der Waals surface area (Å²) in [5.41, 5.74) is 0. The van der Waals surface area contributed by atoms with E-state index in [0.717, 1.165) is 25.1 Å². The number of para-hydroxylation sites is 1. The number of aliphatic carboxylic acids is 1. The second kappa shape index (κ2) is 9.27. The molecule has 0 saturated carbocycles. The Morgan fingerprint density at radius 2 is 2.08 bits per heavy atom. The van der Waals surface area contributed by atoms with E-state index in [1.54, 1.807) is 11.9 Å². The average Bonchev–Trinajstić information content (AvgIpc) is 2.59. The number of rotatable bonds is 8. The first-order valence-corrected chi connectivity index (χ1v) is 8.43. The normalized spacial score (nSPS) is 18.1. The van der Waals surface area contributed by atoms with E-state index in [4.69, 9.17) is 9.84 Å². The molecule has 0 aliphatic carbocycles. The second-order valence-electron chi connectivity index (χ2n) is 6.24. The van der Waals surface area contributed by atoms with Crippen molar-refractivity contribution < 1.29 is 19.4 Å². The number of likely N-dealkylation sites (N-methyl/N-ethyl adjacent to an activating group) is 1. The lowest BCUT2D eigenvalue weighted by atomic mass is 9.98. The highest BCUT2D eigenvalue weighted by molar-refractivity contribution is 5.78. The Hall–Kier alpha value is -2.08. The van der Waals surface area contributed by atoms with Gasteiger partial charge in [-0.15, -0.1) is 0 Å². The minimum Gasteiger partial charge on any atom is -0.494 e. The average molecular weight is 334 g/mol. The lowest BCUT2D eigenvalue weighted by molar-refractivity contribution is -0.144. The number of likely N-dealkylation sites (tertiary alicyclic amines) is 1. The molecule has 1 unspecified atom stereocenters. The van der Waals surface area contributed by atoms with E-state index in [2.05, 4.69) is 0 Å². The number of hydrogen-bond donors (Lipinski definition) is 1. The van der Waals surface area contributed by atoms with Crippen LogP contribution in [0.3, 0.4) is 0 Å². The van der Waals surface area contributed by atoms with E-state index >= 15 is 0 Å². The van der Waals surface area contributed by atoms with E-state index in [1.165, 1.54) is 0 Å². The highest BCUT2D eigenvalue weighted by atomic mass is 16.5. The van der Waals surface area contributed by atoms with Crippen molar-refractivity contribution >= 4 is 11.9 Å². The van der Waals surface area contributed by atoms with Crippen molar-refractivity contribution in [2.75, 3.05) is 39.8 Å². The van der Waals surface area contributed by atoms with Gasteiger partial charge in [0.05, 0.1) is 19.1 Å². The largest absolute Gasteiger partial charge is 0.494 e. The van der Waals surface area contributed by atoms with Crippen LogP contribution in [0.2, 0.25) is 0 Å². The Kier molecular flexibility index (Phi) is 7.06. The van der Waals surface area contributed by atoms with Crippen molar-refractivity contribution in [1.82, 2.24) is 9.80 Å². The van der Waals surface area contributed by atoms with Gasteiger partial charge in [0.1, 0.15) is 5.75 Å². The maximum atomic E-state index is 12.2. The molecule has 1 aromatic rings. The summed E-state index contributed by atoms with van der Waals surface area (Å²) < 4.78 is 5.61. The highest BCUT2D eigenvalue weighted by Gasteiger charge is 2.26. The molecule has 0 aromatic heterocycles. The summed E-state index contributed by atoms with van der Waals surface area (Å²) in [6.45, 7) is 2.74. The van der Waals surface area contributed by atoms with Crippen LogP contribution in [0.25, 0.3) is 0 Å². The van der Waals surface area contributed by atoms with Gasteiger partial charge in [0.15, 0.2) is 0 Å². The van der Waals surface area contributed by atoms with E-state index in [-0.39, 0.29) is 11.8 Å². The van der Waals surface area contributed by atoms with Crippen LogP contribution >= 0.6 is 0 Å². The Morgan fingerprint density at radius 3 is 2.79 bits per heavy atom. The summed E-state index contributed by atoms with van der Waals surface area (Å²) >= 11 is 0. The highest BCUT2D eigenvalue weighted by Crippen LogP contribution is 2.16. The lowest BCUT2D eigenvalue weighted by Gasteiger charge is -2.31. The smallest absolute Gasteiger partial charge is 0.307 e. The van der Waals surface area contributed by atoms with Gasteiger partial charge in [-0.2, -0.15) is 0 Å². The Bertz CT molecular complexity index is 535. The maximum Gasteiger partial charge on any atom is 0.307 e. The summed E-state index contributed by atoms with van der Waals surface area (Å²) in [7, 11) is 1.78. The number of ether oxygens (including phenoxy) is 1. The molecule has 0 spiro atoms. The molecule has 1 N–H and O–H groups in total. The molecular formula is C18H26N2O4. The predicted octanol–water partition coefficient (Wildman–Crippen LogP) is 1.71. The summed E-state index contributed by atoms with van der Waals surface area (Å²) in [4.78, 5) is 27.0. The first kappa shape index (κ1) is 18.3. The quantitative estimate of drug-likeness (QED) is 0.733. The molecule has 6 heteroatoms. The molecule has 0 radical (unpaired) electrons. The fourth-order valence-electron chi connectivity index (χ4n) is 2.85. The molecule has 2 rings (SSSR count). The van der Waals surface area contributed by atoms with Crippen molar-refractivity contribution in [3.8, 4) is 5.75 Å². The minimum absolute atomic E-state index is 0.0285. The van der Waals surface area contributed by atoms with Crippen LogP contribution in [0.1, 0.15) is 19.3 Å². The molecule has 24 heavy (non-hydrogen) atoms. The standard InChI is InChI=1S/C18H26N2O4/c1-19(10-6-12-24-16-8-3-2-4-9-16)17(21)14-20-11-5-7-15(13-20)18(22)23/h2-4,8-9,15H,5-7,10-14H2,1H3,(H,22,23). The number of benzene rings is 1. The number of carbonyl (C=O) groups is 2. The zero-order chi connectivity index (χ0) is 17.4. The number of carboxylic acid groups (broad SMARTS) is 1. The first-order valence-electron chi connectivity index (χ1n) is 8.43. The third-order valence-electron chi connectivity index (χ3n) is 4.29. The molecular weight excluding hydrogens is 308 g/mol. The summed E-state index contributed by atoms with van der Waals surface area (Å²) in [6, 6.07) is 9.60. The number of hydrogen-bond acceptors (Lipinski definition) is 4. The topological polar surface area (TPSA) is 70.1 Å². The van der Waals surface area contributed by atoms with Gasteiger partial charge in [0.2, 0.25) is 5.91 Å². The van der Waals surface area contributed by atoms with Gasteiger partial charge in [-0.25, -0.2) is 0 Å². The molecule has 1 aromatic carbocycles. The number of piperidine rings is 1. The number of carboxylic acids is 1. The third kappa shape index (κ3) is 5.85. The Labute approximate surface area is 143 Å². The van der Waals surface area contributed by atoms with Gasteiger partial charge >= 0.3 is 5.97 Å². The molecule has 1 heterocycles. The van der Waals surface area contributed by atoms with Gasteiger partial charge in [-0.05, 0) is 37.9 Å². The van der Waals surface area contributed by atoms with Crippen molar-refractivity contribution in [1.29, 1.82) is 0 Å². The van der Waals surface area contributed by atoms with Crippen LogP contribution in [0, 0.1) is 5.92 Å². The monoisotopic (exact) mass is 334 g/mol. The van der Waals surface area contributed by atoms with Gasteiger partial charge in [-0.1, -0.05) is 18.2 Å². The van der Waals surface area contributed by atoms with Crippen molar-refractivity contribution in [3.05, 3.63) is 30.3 Å². The van der Waals surface area contributed by atoms with Gasteiger partial charge in [0, 0.05) is 20.1 Å². The van der Waals surface area contributed by atoms with Crippen LogP contribution < -0.4 is 4.74 Å². The van der Waals surface area contributed by atoms with E-state index in [1.807, 2.05) is 35.2 Å². The van der Waals surface area contributed by atoms with Crippen molar-refractivity contribution in [2.24, 2.45) is 5.92 Å². The van der Waals surface area contributed by atoms with Gasteiger partial charge in [0.25, 0.3) is 0 Å². The molecule has 1 aliphatic heterocycles. The van der Waals surface area contributed by atoms with Crippen LogP contribution in [0.15, 0.2) is 30.3 Å². The Balaban J connectivity index is 1.65. The Morgan fingerprint density at radius 1 is 1.33 bits per heavy atom. The van der Waals surface area contributed by atoms with Crippen molar-refractivity contribution in [3.63, 3.8) is 0 Å². The van der Waals surface area contributed by atoms with Crippen LogP contribution in [0.5, 0.6) is 5.75 Å². The van der Waals surface area contributed by atoms with Crippen LogP contribution in [-0.4, -0.2) is 66.6 Å². The summed E-state index contributed by atoms with van der Waals surface area (Å²) in [5.74, 6) is -0.255. The lowest BCUT2D eigenvalue weighted by Crippen LogP contribution is -2.44. The predicted molar refractivity (Wildman–Crippen MR) is 91.0 cm³/mol. The minimum atomic E-state index is -0.765. The zero-order valence-corrected chi connectivity index (χ0v) is 14.2. The fourth-order valence-corrected chi connectivity index (χ4v) is 2.85. The van der Waals surface area contributed by atoms with Crippen LogP contribution in [0.4, 0.5) is 0 Å². The molecule has 6 nitrogen and oxygen atoms in total. The first-order chi connectivity index (χ1) is 11.6. The molecule has 1 saturated heterocycles. The number of nitrogens with zero attached hydrogens (tertiary/aromatic N) is 2.